The molecule has 2 aromatic rings. The smallest absolute Gasteiger partial charge is 0.252 e. The van der Waals surface area contributed by atoms with Crippen molar-refractivity contribution in [3.8, 4) is 0 Å². The van der Waals surface area contributed by atoms with Crippen LogP contribution in [0.25, 0.3) is 0 Å². The first-order valence-corrected chi connectivity index (χ1v) is 7.87. The monoisotopic (exact) mass is 314 g/mol. The average Bonchev–Trinajstić information content (AvgIpc) is 2.49. The highest BCUT2D eigenvalue weighted by molar-refractivity contribution is 6.31. The molecule has 3 N–H and O–H groups in total. The van der Waals surface area contributed by atoms with E-state index in [0.717, 1.165) is 30.5 Å². The number of rotatable bonds is 2. The van der Waals surface area contributed by atoms with Crippen molar-refractivity contribution >= 4 is 23.2 Å². The third-order valence-corrected chi connectivity index (χ3v) is 4.47. The number of nitrogen functional groups attached to an aromatic ring is 1. The number of amides is 1. The number of hydrogen-bond donors (Lipinski definition) is 2. The largest absolute Gasteiger partial charge is 0.399 e. The van der Waals surface area contributed by atoms with Gasteiger partial charge in [-0.2, -0.15) is 0 Å². The van der Waals surface area contributed by atoms with Gasteiger partial charge in [0.1, 0.15) is 0 Å². The van der Waals surface area contributed by atoms with Crippen molar-refractivity contribution in [2.75, 3.05) is 5.73 Å². The number of carbonyl (C=O) groups excluding carboxylic acids is 1. The fourth-order valence-corrected chi connectivity index (χ4v) is 3.23. The van der Waals surface area contributed by atoms with Gasteiger partial charge >= 0.3 is 0 Å². The minimum absolute atomic E-state index is 0.0373. The second kappa shape index (κ2) is 6.01. The van der Waals surface area contributed by atoms with Gasteiger partial charge in [0.25, 0.3) is 5.91 Å². The fraction of sp³-hybridized carbons (Fsp3) is 0.278. The quantitative estimate of drug-likeness (QED) is 0.822. The molecule has 1 amide bonds. The van der Waals surface area contributed by atoms with Crippen LogP contribution >= 0.6 is 11.6 Å². The molecule has 1 atom stereocenters. The molecular weight excluding hydrogens is 296 g/mol. The number of hydrogen-bond acceptors (Lipinski definition) is 2. The minimum Gasteiger partial charge on any atom is -0.399 e. The van der Waals surface area contributed by atoms with E-state index < -0.39 is 0 Å². The van der Waals surface area contributed by atoms with Crippen molar-refractivity contribution < 1.29 is 4.79 Å². The molecular formula is C18H19ClN2O. The molecule has 2 aromatic carbocycles. The van der Waals surface area contributed by atoms with Crippen LogP contribution in [0.4, 0.5) is 5.69 Å². The summed E-state index contributed by atoms with van der Waals surface area (Å²) in [6.07, 6.45) is 3.02. The van der Waals surface area contributed by atoms with Crippen molar-refractivity contribution in [1.82, 2.24) is 5.32 Å². The molecule has 0 bridgehead atoms. The Labute approximate surface area is 135 Å². The molecule has 0 heterocycles. The summed E-state index contributed by atoms with van der Waals surface area (Å²) in [5.41, 5.74) is 10.6. The normalized spacial score (nSPS) is 16.9. The lowest BCUT2D eigenvalue weighted by molar-refractivity contribution is 0.0932. The molecule has 3 nitrogen and oxygen atoms in total. The van der Waals surface area contributed by atoms with Crippen LogP contribution in [0.1, 0.15) is 45.9 Å². The number of fused-ring (bicyclic) bond motifs is 1. The molecule has 0 aliphatic heterocycles. The van der Waals surface area contributed by atoms with Gasteiger partial charge in [0.05, 0.1) is 6.04 Å². The standard InChI is InChI=1S/C18H19ClN2O/c1-11-5-6-13(19)10-16(11)18(22)21-17-4-2-3-12-9-14(20)7-8-15(12)17/h5-10,17H,2-4,20H2,1H3,(H,21,22). The van der Waals surface area contributed by atoms with E-state index in [2.05, 4.69) is 5.32 Å². The minimum atomic E-state index is -0.0744. The Morgan fingerprint density at radius 3 is 2.91 bits per heavy atom. The molecule has 1 unspecified atom stereocenters. The van der Waals surface area contributed by atoms with Crippen LogP contribution in [-0.2, 0) is 6.42 Å². The van der Waals surface area contributed by atoms with Crippen molar-refractivity contribution in [1.29, 1.82) is 0 Å². The van der Waals surface area contributed by atoms with Crippen molar-refractivity contribution in [2.45, 2.75) is 32.2 Å². The lowest BCUT2D eigenvalue weighted by atomic mass is 9.87. The van der Waals surface area contributed by atoms with Gasteiger partial charge in [-0.15, -0.1) is 0 Å². The lowest BCUT2D eigenvalue weighted by Crippen LogP contribution is -2.31. The number of anilines is 1. The Hall–Kier alpha value is -2.00. The zero-order valence-electron chi connectivity index (χ0n) is 12.5. The maximum absolute atomic E-state index is 12.6. The maximum Gasteiger partial charge on any atom is 0.252 e. The third kappa shape index (κ3) is 2.95. The summed E-state index contributed by atoms with van der Waals surface area (Å²) in [5.74, 6) is -0.0744. The van der Waals surface area contributed by atoms with Gasteiger partial charge in [0, 0.05) is 16.3 Å². The summed E-state index contributed by atoms with van der Waals surface area (Å²) in [7, 11) is 0. The van der Waals surface area contributed by atoms with Crippen LogP contribution in [0.2, 0.25) is 5.02 Å². The van der Waals surface area contributed by atoms with Gasteiger partial charge < -0.3 is 11.1 Å². The van der Waals surface area contributed by atoms with Gasteiger partial charge in [0.2, 0.25) is 0 Å². The molecule has 0 aromatic heterocycles. The molecule has 1 aliphatic carbocycles. The fourth-order valence-electron chi connectivity index (χ4n) is 3.06. The Balaban J connectivity index is 1.85. The summed E-state index contributed by atoms with van der Waals surface area (Å²) in [5, 5.41) is 3.72. The van der Waals surface area contributed by atoms with Gasteiger partial charge in [-0.3, -0.25) is 4.79 Å². The van der Waals surface area contributed by atoms with Crippen molar-refractivity contribution in [2.24, 2.45) is 0 Å². The van der Waals surface area contributed by atoms with E-state index in [1.54, 1.807) is 12.1 Å². The van der Waals surface area contributed by atoms with E-state index in [0.29, 0.717) is 10.6 Å². The van der Waals surface area contributed by atoms with Gasteiger partial charge in [-0.1, -0.05) is 23.7 Å². The van der Waals surface area contributed by atoms with Crippen molar-refractivity contribution in [3.05, 3.63) is 63.7 Å². The molecule has 4 heteroatoms. The van der Waals surface area contributed by atoms with Crippen LogP contribution in [-0.4, -0.2) is 5.91 Å². The Morgan fingerprint density at radius 2 is 2.09 bits per heavy atom. The van der Waals surface area contributed by atoms with E-state index >= 15 is 0 Å². The van der Waals surface area contributed by atoms with Gasteiger partial charge in [-0.05, 0) is 67.1 Å². The number of halogens is 1. The van der Waals surface area contributed by atoms with E-state index in [-0.39, 0.29) is 11.9 Å². The van der Waals surface area contributed by atoms with E-state index in [1.807, 2.05) is 31.2 Å². The second-order valence-electron chi connectivity index (χ2n) is 5.84. The number of carbonyl (C=O) groups is 1. The Kier molecular flexibility index (Phi) is 4.08. The molecule has 22 heavy (non-hydrogen) atoms. The van der Waals surface area contributed by atoms with Crippen LogP contribution in [0.5, 0.6) is 0 Å². The number of benzene rings is 2. The molecule has 114 valence electrons. The summed E-state index contributed by atoms with van der Waals surface area (Å²) < 4.78 is 0. The number of nitrogens with two attached hydrogens (primary N) is 1. The molecule has 3 rings (SSSR count). The van der Waals surface area contributed by atoms with E-state index in [1.165, 1.54) is 11.1 Å². The summed E-state index contributed by atoms with van der Waals surface area (Å²) in [4.78, 5) is 12.6. The molecule has 0 saturated heterocycles. The predicted molar refractivity (Wildman–Crippen MR) is 90.2 cm³/mol. The summed E-state index contributed by atoms with van der Waals surface area (Å²) >= 11 is 6.01. The lowest BCUT2D eigenvalue weighted by Gasteiger charge is -2.27. The van der Waals surface area contributed by atoms with Crippen molar-refractivity contribution in [3.63, 3.8) is 0 Å². The number of nitrogens with one attached hydrogen (secondary N) is 1. The Bertz CT molecular complexity index is 727. The highest BCUT2D eigenvalue weighted by atomic mass is 35.5. The average molecular weight is 315 g/mol. The van der Waals surface area contributed by atoms with Gasteiger partial charge in [-0.25, -0.2) is 0 Å². The first-order chi connectivity index (χ1) is 10.5. The van der Waals surface area contributed by atoms with Crippen LogP contribution < -0.4 is 11.1 Å². The molecule has 0 fully saturated rings. The van der Waals surface area contributed by atoms with Gasteiger partial charge in [0.15, 0.2) is 0 Å². The first kappa shape index (κ1) is 14.9. The topological polar surface area (TPSA) is 55.1 Å². The molecule has 0 radical (unpaired) electrons. The zero-order chi connectivity index (χ0) is 15.7. The number of aryl methyl sites for hydroxylation is 2. The first-order valence-electron chi connectivity index (χ1n) is 7.50. The van der Waals surface area contributed by atoms with E-state index in [4.69, 9.17) is 17.3 Å². The maximum atomic E-state index is 12.6. The second-order valence-corrected chi connectivity index (χ2v) is 6.27. The third-order valence-electron chi connectivity index (χ3n) is 4.23. The van der Waals surface area contributed by atoms with Crippen LogP contribution in [0.3, 0.4) is 0 Å². The highest BCUT2D eigenvalue weighted by Gasteiger charge is 2.23. The Morgan fingerprint density at radius 1 is 1.27 bits per heavy atom. The molecule has 1 aliphatic rings. The zero-order valence-corrected chi connectivity index (χ0v) is 13.3. The summed E-state index contributed by atoms with van der Waals surface area (Å²) in [6, 6.07) is 11.4. The molecule has 0 spiro atoms. The highest BCUT2D eigenvalue weighted by Crippen LogP contribution is 2.31. The molecule has 0 saturated carbocycles. The SMILES string of the molecule is Cc1ccc(Cl)cc1C(=O)NC1CCCc2cc(N)ccc21. The summed E-state index contributed by atoms with van der Waals surface area (Å²) in [6.45, 7) is 1.92. The van der Waals surface area contributed by atoms with Crippen LogP contribution in [0.15, 0.2) is 36.4 Å². The predicted octanol–water partition coefficient (Wildman–Crippen LogP) is 4.04. The van der Waals surface area contributed by atoms with Crippen LogP contribution in [0, 0.1) is 6.92 Å². The van der Waals surface area contributed by atoms with E-state index in [9.17, 15) is 4.79 Å².